The molecule has 1 atom stereocenters. The number of tetrazole rings is 1. The normalized spacial score (nSPS) is 18.7. The van der Waals surface area contributed by atoms with E-state index in [0.717, 1.165) is 25.3 Å². The van der Waals surface area contributed by atoms with Crippen LogP contribution >= 0.6 is 0 Å². The van der Waals surface area contributed by atoms with Gasteiger partial charge in [0.15, 0.2) is 11.5 Å². The van der Waals surface area contributed by atoms with E-state index in [1.165, 1.54) is 16.6 Å². The maximum atomic E-state index is 4.49. The third-order valence-corrected chi connectivity index (χ3v) is 3.89. The molecule has 0 radical (unpaired) electrons. The zero-order valence-electron chi connectivity index (χ0n) is 11.8. The molecule has 21 heavy (non-hydrogen) atoms. The first kappa shape index (κ1) is 12.2. The molecule has 8 nitrogen and oxygen atoms in total. The highest BCUT2D eigenvalue weighted by Gasteiger charge is 2.26. The van der Waals surface area contributed by atoms with Crippen LogP contribution < -0.4 is 4.90 Å². The van der Waals surface area contributed by atoms with Crippen molar-refractivity contribution in [2.24, 2.45) is 0 Å². The van der Waals surface area contributed by atoms with Gasteiger partial charge in [-0.2, -0.15) is 5.10 Å². The Hall–Kier alpha value is -2.51. The molecule has 8 heteroatoms. The van der Waals surface area contributed by atoms with Crippen LogP contribution in [-0.4, -0.2) is 47.6 Å². The molecule has 4 heterocycles. The van der Waals surface area contributed by atoms with Crippen LogP contribution in [0.5, 0.6) is 0 Å². The second-order valence-corrected chi connectivity index (χ2v) is 5.45. The Morgan fingerprint density at radius 3 is 3.14 bits per heavy atom. The average molecular weight is 284 g/mol. The quantitative estimate of drug-likeness (QED) is 0.704. The maximum absolute atomic E-state index is 4.49. The van der Waals surface area contributed by atoms with Gasteiger partial charge in [0.2, 0.25) is 0 Å². The van der Waals surface area contributed by atoms with Gasteiger partial charge in [-0.05, 0) is 47.9 Å². The summed E-state index contributed by atoms with van der Waals surface area (Å²) in [5.74, 6) is 0.918. The first-order valence-corrected chi connectivity index (χ1v) is 7.11. The highest BCUT2D eigenvalue weighted by Crippen LogP contribution is 2.24. The Morgan fingerprint density at radius 1 is 1.33 bits per heavy atom. The predicted molar refractivity (Wildman–Crippen MR) is 75.9 cm³/mol. The molecule has 3 aromatic heterocycles. The lowest BCUT2D eigenvalue weighted by atomic mass is 10.2. The molecule has 1 saturated heterocycles. The smallest absolute Gasteiger partial charge is 0.200 e. The number of aromatic nitrogens is 7. The average Bonchev–Trinajstić information content (AvgIpc) is 3.19. The monoisotopic (exact) mass is 284 g/mol. The van der Waals surface area contributed by atoms with Gasteiger partial charge in [0.1, 0.15) is 0 Å². The van der Waals surface area contributed by atoms with Gasteiger partial charge in [-0.1, -0.05) is 0 Å². The SMILES string of the molecule is Cc1cnn(CC2CCCN2c2ccc3nnnn3n2)c1. The Bertz CT molecular complexity index is 760. The lowest BCUT2D eigenvalue weighted by Gasteiger charge is -2.25. The van der Waals surface area contributed by atoms with Crippen molar-refractivity contribution in [2.75, 3.05) is 11.4 Å². The summed E-state index contributed by atoms with van der Waals surface area (Å²) in [6, 6.07) is 4.29. The topological polar surface area (TPSA) is 77.0 Å². The van der Waals surface area contributed by atoms with E-state index < -0.39 is 0 Å². The minimum atomic E-state index is 0.408. The van der Waals surface area contributed by atoms with Crippen molar-refractivity contribution in [1.82, 2.24) is 35.0 Å². The van der Waals surface area contributed by atoms with Crippen LogP contribution in [0.3, 0.4) is 0 Å². The number of nitrogens with zero attached hydrogens (tertiary/aromatic N) is 8. The van der Waals surface area contributed by atoms with Crippen molar-refractivity contribution >= 4 is 11.5 Å². The molecule has 0 aromatic carbocycles. The van der Waals surface area contributed by atoms with E-state index in [4.69, 9.17) is 0 Å². The standard InChI is InChI=1S/C13H16N8/c1-10-7-14-19(8-10)9-11-3-2-6-20(11)13-5-4-12-15-17-18-21(12)16-13/h4-5,7-8,11H,2-3,6,9H2,1H3. The van der Waals surface area contributed by atoms with Crippen LogP contribution in [0.2, 0.25) is 0 Å². The summed E-state index contributed by atoms with van der Waals surface area (Å²) in [4.78, 5) is 2.32. The van der Waals surface area contributed by atoms with Crippen LogP contribution in [0, 0.1) is 6.92 Å². The molecule has 0 spiro atoms. The summed E-state index contributed by atoms with van der Waals surface area (Å²) in [5, 5.41) is 20.2. The van der Waals surface area contributed by atoms with Crippen molar-refractivity contribution in [2.45, 2.75) is 32.4 Å². The van der Waals surface area contributed by atoms with Crippen molar-refractivity contribution < 1.29 is 0 Å². The van der Waals surface area contributed by atoms with E-state index in [1.54, 1.807) is 0 Å². The molecule has 0 saturated carbocycles. The minimum Gasteiger partial charge on any atom is -0.350 e. The molecule has 108 valence electrons. The van der Waals surface area contributed by atoms with Crippen molar-refractivity contribution in [3.8, 4) is 0 Å². The van der Waals surface area contributed by atoms with Gasteiger partial charge in [-0.15, -0.1) is 14.8 Å². The summed E-state index contributed by atoms with van der Waals surface area (Å²) >= 11 is 0. The van der Waals surface area contributed by atoms with Crippen LogP contribution in [-0.2, 0) is 6.54 Å². The Labute approximate surface area is 121 Å². The lowest BCUT2D eigenvalue weighted by molar-refractivity contribution is 0.505. The number of aryl methyl sites for hydroxylation is 1. The molecule has 4 rings (SSSR count). The fourth-order valence-electron chi connectivity index (χ4n) is 2.90. The summed E-state index contributed by atoms with van der Waals surface area (Å²) in [6.07, 6.45) is 6.29. The molecule has 0 bridgehead atoms. The number of fused-ring (bicyclic) bond motifs is 1. The summed E-state index contributed by atoms with van der Waals surface area (Å²) in [6.45, 7) is 3.94. The van der Waals surface area contributed by atoms with Gasteiger partial charge in [-0.3, -0.25) is 4.68 Å². The molecule has 0 aliphatic carbocycles. The highest BCUT2D eigenvalue weighted by atomic mass is 15.6. The van der Waals surface area contributed by atoms with E-state index in [0.29, 0.717) is 11.7 Å². The van der Waals surface area contributed by atoms with E-state index >= 15 is 0 Å². The largest absolute Gasteiger partial charge is 0.350 e. The molecule has 1 unspecified atom stereocenters. The van der Waals surface area contributed by atoms with Crippen molar-refractivity contribution in [3.05, 3.63) is 30.1 Å². The van der Waals surface area contributed by atoms with Crippen LogP contribution in [0.1, 0.15) is 18.4 Å². The van der Waals surface area contributed by atoms with Crippen LogP contribution in [0.25, 0.3) is 5.65 Å². The van der Waals surface area contributed by atoms with E-state index in [9.17, 15) is 0 Å². The second kappa shape index (κ2) is 4.80. The van der Waals surface area contributed by atoms with Gasteiger partial charge in [0, 0.05) is 12.7 Å². The second-order valence-electron chi connectivity index (χ2n) is 5.45. The zero-order chi connectivity index (χ0) is 14.2. The molecule has 0 N–H and O–H groups in total. The van der Waals surface area contributed by atoms with E-state index in [-0.39, 0.29) is 0 Å². The Morgan fingerprint density at radius 2 is 2.29 bits per heavy atom. The van der Waals surface area contributed by atoms with Crippen LogP contribution in [0.4, 0.5) is 5.82 Å². The molecule has 1 fully saturated rings. The number of rotatable bonds is 3. The molecule has 0 amide bonds. The van der Waals surface area contributed by atoms with Crippen molar-refractivity contribution in [1.29, 1.82) is 0 Å². The molecular formula is C13H16N8. The van der Waals surface area contributed by atoms with Gasteiger partial charge in [0.05, 0.1) is 18.8 Å². The Balaban J connectivity index is 1.60. The molecular weight excluding hydrogens is 268 g/mol. The van der Waals surface area contributed by atoms with E-state index in [1.807, 2.05) is 23.0 Å². The van der Waals surface area contributed by atoms with Gasteiger partial charge >= 0.3 is 0 Å². The van der Waals surface area contributed by atoms with Crippen LogP contribution in [0.15, 0.2) is 24.5 Å². The molecule has 1 aliphatic heterocycles. The first-order chi connectivity index (χ1) is 10.3. The number of hydrogen-bond acceptors (Lipinski definition) is 6. The third-order valence-electron chi connectivity index (χ3n) is 3.89. The number of anilines is 1. The number of hydrogen-bond donors (Lipinski definition) is 0. The van der Waals surface area contributed by atoms with E-state index in [2.05, 4.69) is 43.7 Å². The Kier molecular flexibility index (Phi) is 2.80. The summed E-state index contributed by atoms with van der Waals surface area (Å²) < 4.78 is 3.48. The zero-order valence-corrected chi connectivity index (χ0v) is 11.8. The minimum absolute atomic E-state index is 0.408. The first-order valence-electron chi connectivity index (χ1n) is 7.11. The summed E-state index contributed by atoms with van der Waals surface area (Å²) in [7, 11) is 0. The van der Waals surface area contributed by atoms with Gasteiger partial charge in [0.25, 0.3) is 0 Å². The highest BCUT2D eigenvalue weighted by molar-refractivity contribution is 5.45. The fraction of sp³-hybridized carbons (Fsp3) is 0.462. The van der Waals surface area contributed by atoms with Crippen molar-refractivity contribution in [3.63, 3.8) is 0 Å². The third kappa shape index (κ3) is 2.22. The maximum Gasteiger partial charge on any atom is 0.200 e. The lowest BCUT2D eigenvalue weighted by Crippen LogP contribution is -2.34. The molecule has 3 aromatic rings. The van der Waals surface area contributed by atoms with Gasteiger partial charge < -0.3 is 4.90 Å². The fourth-order valence-corrected chi connectivity index (χ4v) is 2.90. The predicted octanol–water partition coefficient (Wildman–Crippen LogP) is 0.693. The summed E-state index contributed by atoms with van der Waals surface area (Å²) in [5.41, 5.74) is 1.85. The van der Waals surface area contributed by atoms with Gasteiger partial charge in [-0.25, -0.2) is 0 Å². The molecule has 1 aliphatic rings.